The summed E-state index contributed by atoms with van der Waals surface area (Å²) in [5.41, 5.74) is 2.68. The lowest BCUT2D eigenvalue weighted by Crippen LogP contribution is -1.82. The van der Waals surface area contributed by atoms with E-state index in [0.29, 0.717) is 0 Å². The third-order valence-electron chi connectivity index (χ3n) is 3.22. The van der Waals surface area contributed by atoms with Gasteiger partial charge in [-0.2, -0.15) is 0 Å². The maximum atomic E-state index is 2.28. The van der Waals surface area contributed by atoms with Gasteiger partial charge in [-0.15, -0.1) is 0 Å². The molecule has 0 nitrogen and oxygen atoms in total. The lowest BCUT2D eigenvalue weighted by molar-refractivity contribution is 1.49. The van der Waals surface area contributed by atoms with Gasteiger partial charge in [-0.3, -0.25) is 0 Å². The van der Waals surface area contributed by atoms with E-state index in [2.05, 4.69) is 62.4 Å². The van der Waals surface area contributed by atoms with Crippen LogP contribution < -0.4 is 0 Å². The summed E-state index contributed by atoms with van der Waals surface area (Å²) in [5.74, 6) is 0. The molecule has 0 aliphatic carbocycles. The number of rotatable bonds is 0. The van der Waals surface area contributed by atoms with Crippen molar-refractivity contribution >= 4 is 21.5 Å². The smallest absolute Gasteiger partial charge is 0.0103 e. The zero-order valence-corrected chi connectivity index (χ0v) is 9.62. The van der Waals surface area contributed by atoms with E-state index in [1.807, 2.05) is 0 Å². The molecule has 0 fully saturated rings. The molecule has 3 aromatic rings. The van der Waals surface area contributed by atoms with Crippen molar-refractivity contribution < 1.29 is 0 Å². The highest BCUT2D eigenvalue weighted by Gasteiger charge is 2.02. The summed E-state index contributed by atoms with van der Waals surface area (Å²) in [6.45, 7) is 4.33. The Morgan fingerprint density at radius 2 is 1.44 bits per heavy atom. The van der Waals surface area contributed by atoms with Crippen molar-refractivity contribution in [1.82, 2.24) is 0 Å². The van der Waals surface area contributed by atoms with E-state index in [-0.39, 0.29) is 0 Å². The summed E-state index contributed by atoms with van der Waals surface area (Å²) in [7, 11) is 0. The first-order valence-corrected chi connectivity index (χ1v) is 5.64. The van der Waals surface area contributed by atoms with E-state index in [1.54, 1.807) is 0 Å². The molecule has 0 aliphatic rings. The van der Waals surface area contributed by atoms with Gasteiger partial charge in [-0.1, -0.05) is 54.1 Å². The topological polar surface area (TPSA) is 0 Å². The molecule has 0 spiro atoms. The Morgan fingerprint density at radius 3 is 2.25 bits per heavy atom. The third-order valence-corrected chi connectivity index (χ3v) is 3.22. The standard InChI is InChI=1S/C16H14/c1-11-7-8-15-13(9-11)10-12(2)14-5-3-4-6-16(14)15/h3-10H,1-2H3. The summed E-state index contributed by atoms with van der Waals surface area (Å²) in [6.07, 6.45) is 0. The lowest BCUT2D eigenvalue weighted by atomic mass is 9.97. The minimum atomic E-state index is 1.32. The Morgan fingerprint density at radius 1 is 0.688 bits per heavy atom. The predicted octanol–water partition coefficient (Wildman–Crippen LogP) is 4.61. The monoisotopic (exact) mass is 206 g/mol. The first kappa shape index (κ1) is 9.41. The highest BCUT2D eigenvalue weighted by Crippen LogP contribution is 2.28. The molecule has 0 saturated heterocycles. The normalized spacial score (nSPS) is 11.1. The van der Waals surface area contributed by atoms with E-state index in [1.165, 1.54) is 32.7 Å². The summed E-state index contributed by atoms with van der Waals surface area (Å²) in [6, 6.07) is 17.6. The molecule has 0 unspecified atom stereocenters. The zero-order valence-electron chi connectivity index (χ0n) is 9.62. The van der Waals surface area contributed by atoms with Crippen LogP contribution in [0.1, 0.15) is 11.1 Å². The van der Waals surface area contributed by atoms with Crippen LogP contribution >= 0.6 is 0 Å². The molecule has 0 aromatic heterocycles. The average molecular weight is 206 g/mol. The zero-order chi connectivity index (χ0) is 11.1. The second kappa shape index (κ2) is 3.34. The molecule has 78 valence electrons. The molecule has 0 heterocycles. The van der Waals surface area contributed by atoms with Crippen LogP contribution in [-0.4, -0.2) is 0 Å². The Kier molecular flexibility index (Phi) is 1.97. The maximum Gasteiger partial charge on any atom is -0.0103 e. The molecule has 3 aromatic carbocycles. The Bertz CT molecular complexity index is 678. The van der Waals surface area contributed by atoms with Crippen molar-refractivity contribution in [3.8, 4) is 0 Å². The van der Waals surface area contributed by atoms with Crippen molar-refractivity contribution in [2.45, 2.75) is 13.8 Å². The maximum absolute atomic E-state index is 2.28. The molecule has 0 atom stereocenters. The Hall–Kier alpha value is -1.82. The molecule has 0 bridgehead atoms. The van der Waals surface area contributed by atoms with Gasteiger partial charge in [0, 0.05) is 0 Å². The van der Waals surface area contributed by atoms with Gasteiger partial charge in [-0.25, -0.2) is 0 Å². The molecule has 0 saturated carbocycles. The van der Waals surface area contributed by atoms with E-state index in [4.69, 9.17) is 0 Å². The number of hydrogen-bond acceptors (Lipinski definition) is 0. The number of aryl methyl sites for hydroxylation is 2. The molecular formula is C16H14. The van der Waals surface area contributed by atoms with Gasteiger partial charge >= 0.3 is 0 Å². The molecule has 16 heavy (non-hydrogen) atoms. The van der Waals surface area contributed by atoms with E-state index < -0.39 is 0 Å². The van der Waals surface area contributed by atoms with Gasteiger partial charge in [0.25, 0.3) is 0 Å². The minimum Gasteiger partial charge on any atom is -0.0616 e. The van der Waals surface area contributed by atoms with Gasteiger partial charge in [-0.05, 0) is 41.0 Å². The number of fused-ring (bicyclic) bond motifs is 3. The van der Waals surface area contributed by atoms with Crippen LogP contribution in [0.4, 0.5) is 0 Å². The first-order chi connectivity index (χ1) is 7.75. The van der Waals surface area contributed by atoms with Crippen LogP contribution in [0.3, 0.4) is 0 Å². The van der Waals surface area contributed by atoms with Gasteiger partial charge in [0.05, 0.1) is 0 Å². The fourth-order valence-electron chi connectivity index (χ4n) is 2.42. The quantitative estimate of drug-likeness (QED) is 0.471. The highest BCUT2D eigenvalue weighted by atomic mass is 14.1. The summed E-state index contributed by atoms with van der Waals surface area (Å²) < 4.78 is 0. The molecule has 3 rings (SSSR count). The summed E-state index contributed by atoms with van der Waals surface area (Å²) in [5, 5.41) is 5.42. The van der Waals surface area contributed by atoms with Crippen molar-refractivity contribution in [3.05, 3.63) is 59.7 Å². The fourth-order valence-corrected chi connectivity index (χ4v) is 2.42. The second-order valence-corrected chi connectivity index (χ2v) is 4.46. The lowest BCUT2D eigenvalue weighted by Gasteiger charge is -2.07. The van der Waals surface area contributed by atoms with Crippen molar-refractivity contribution in [3.63, 3.8) is 0 Å². The molecule has 0 heteroatoms. The van der Waals surface area contributed by atoms with Crippen LogP contribution in [0.5, 0.6) is 0 Å². The number of benzene rings is 3. The molecule has 0 amide bonds. The van der Waals surface area contributed by atoms with E-state index >= 15 is 0 Å². The van der Waals surface area contributed by atoms with Crippen LogP contribution in [-0.2, 0) is 0 Å². The van der Waals surface area contributed by atoms with Crippen LogP contribution in [0.25, 0.3) is 21.5 Å². The average Bonchev–Trinajstić information content (AvgIpc) is 2.29. The Balaban J connectivity index is 2.59. The molecule has 0 radical (unpaired) electrons. The largest absolute Gasteiger partial charge is 0.0616 e. The van der Waals surface area contributed by atoms with E-state index in [9.17, 15) is 0 Å². The van der Waals surface area contributed by atoms with Gasteiger partial charge in [0.15, 0.2) is 0 Å². The van der Waals surface area contributed by atoms with Gasteiger partial charge in [0.2, 0.25) is 0 Å². The molecule has 0 aliphatic heterocycles. The van der Waals surface area contributed by atoms with Crippen molar-refractivity contribution in [2.24, 2.45) is 0 Å². The minimum absolute atomic E-state index is 1.32. The van der Waals surface area contributed by atoms with Crippen molar-refractivity contribution in [2.75, 3.05) is 0 Å². The van der Waals surface area contributed by atoms with Gasteiger partial charge in [0.1, 0.15) is 0 Å². The molecular weight excluding hydrogens is 192 g/mol. The SMILES string of the molecule is Cc1ccc2c(c1)cc(C)c1ccccc12. The van der Waals surface area contributed by atoms with Crippen LogP contribution in [0.15, 0.2) is 48.5 Å². The third kappa shape index (κ3) is 1.30. The fraction of sp³-hybridized carbons (Fsp3) is 0.125. The van der Waals surface area contributed by atoms with E-state index in [0.717, 1.165) is 0 Å². The molecule has 0 N–H and O–H groups in total. The Labute approximate surface area is 95.5 Å². The van der Waals surface area contributed by atoms with Gasteiger partial charge < -0.3 is 0 Å². The predicted molar refractivity (Wildman–Crippen MR) is 70.9 cm³/mol. The summed E-state index contributed by atoms with van der Waals surface area (Å²) >= 11 is 0. The number of hydrogen-bond donors (Lipinski definition) is 0. The van der Waals surface area contributed by atoms with Crippen LogP contribution in [0.2, 0.25) is 0 Å². The first-order valence-electron chi connectivity index (χ1n) is 5.64. The van der Waals surface area contributed by atoms with Crippen molar-refractivity contribution in [1.29, 1.82) is 0 Å². The highest BCUT2D eigenvalue weighted by molar-refractivity contribution is 6.08. The second-order valence-electron chi connectivity index (χ2n) is 4.46. The van der Waals surface area contributed by atoms with Crippen LogP contribution in [0, 0.1) is 13.8 Å². The summed E-state index contributed by atoms with van der Waals surface area (Å²) in [4.78, 5) is 0.